The van der Waals surface area contributed by atoms with Crippen molar-refractivity contribution < 1.29 is 13.9 Å². The first kappa shape index (κ1) is 15.0. The zero-order valence-electron chi connectivity index (χ0n) is 12.0. The maximum atomic E-state index is 14.1. The van der Waals surface area contributed by atoms with Crippen molar-refractivity contribution in [3.05, 3.63) is 22.2 Å². The molecule has 20 heavy (non-hydrogen) atoms. The molecule has 0 spiro atoms. The van der Waals surface area contributed by atoms with E-state index in [0.29, 0.717) is 30.9 Å². The summed E-state index contributed by atoms with van der Waals surface area (Å²) in [7, 11) is 0. The Labute approximate surface area is 122 Å². The van der Waals surface area contributed by atoms with E-state index >= 15 is 0 Å². The number of nitrogens with zero attached hydrogens (tertiary/aromatic N) is 2. The second-order valence-corrected chi connectivity index (χ2v) is 6.62. The summed E-state index contributed by atoms with van der Waals surface area (Å²) in [5.74, 6) is -0.233. The normalized spacial score (nSPS) is 16.2. The summed E-state index contributed by atoms with van der Waals surface area (Å²) in [5.41, 5.74) is 0.235. The molecule has 1 aromatic heterocycles. The fourth-order valence-electron chi connectivity index (χ4n) is 1.99. The quantitative estimate of drug-likeness (QED) is 0.790. The first-order chi connectivity index (χ1) is 9.37. The number of amides is 1. The van der Waals surface area contributed by atoms with Crippen molar-refractivity contribution in [2.75, 3.05) is 13.1 Å². The third-order valence-corrected chi connectivity index (χ3v) is 3.71. The number of ether oxygens (including phenoxy) is 1. The van der Waals surface area contributed by atoms with E-state index in [2.05, 4.69) is 4.98 Å². The van der Waals surface area contributed by atoms with Gasteiger partial charge in [-0.25, -0.2) is 14.2 Å². The second-order valence-electron chi connectivity index (χ2n) is 5.72. The second kappa shape index (κ2) is 5.91. The van der Waals surface area contributed by atoms with Gasteiger partial charge >= 0.3 is 6.09 Å². The number of piperidine rings is 1. The molecular formula is C14H19FN2O2S. The van der Waals surface area contributed by atoms with Gasteiger partial charge in [-0.1, -0.05) is 0 Å². The van der Waals surface area contributed by atoms with Crippen LogP contribution in [0.1, 0.15) is 38.6 Å². The molecule has 1 aliphatic rings. The molecule has 0 unspecified atom stereocenters. The van der Waals surface area contributed by atoms with Crippen LogP contribution in [0.15, 0.2) is 17.2 Å². The Morgan fingerprint density at radius 2 is 2.05 bits per heavy atom. The van der Waals surface area contributed by atoms with Gasteiger partial charge in [0, 0.05) is 24.7 Å². The fraction of sp³-hybridized carbons (Fsp3) is 0.571. The first-order valence-electron chi connectivity index (χ1n) is 6.62. The molecule has 1 aliphatic heterocycles. The Morgan fingerprint density at radius 3 is 2.55 bits per heavy atom. The molecule has 1 saturated heterocycles. The standard InChI is InChI=1S/C14H19FN2O2S/c1-14(2,3)19-13(18)17-7-4-10(5-8-17)11(15)12-16-6-9-20-12/h6,9H,4-5,7-8H2,1-3H3. The number of likely N-dealkylation sites (tertiary alicyclic amines) is 1. The molecule has 0 aliphatic carbocycles. The van der Waals surface area contributed by atoms with Crippen molar-refractivity contribution in [2.45, 2.75) is 39.2 Å². The Balaban J connectivity index is 1.96. The average Bonchev–Trinajstić information content (AvgIpc) is 2.90. The van der Waals surface area contributed by atoms with Crippen molar-refractivity contribution >= 4 is 23.3 Å². The van der Waals surface area contributed by atoms with Crippen molar-refractivity contribution in [1.29, 1.82) is 0 Å². The highest BCUT2D eigenvalue weighted by atomic mass is 32.1. The maximum Gasteiger partial charge on any atom is 0.410 e. The van der Waals surface area contributed by atoms with E-state index in [-0.39, 0.29) is 11.9 Å². The van der Waals surface area contributed by atoms with Gasteiger partial charge in [-0.15, -0.1) is 11.3 Å². The lowest BCUT2D eigenvalue weighted by atomic mass is 10.0. The van der Waals surface area contributed by atoms with Crippen LogP contribution >= 0.6 is 11.3 Å². The van der Waals surface area contributed by atoms with E-state index in [9.17, 15) is 9.18 Å². The zero-order valence-corrected chi connectivity index (χ0v) is 12.8. The van der Waals surface area contributed by atoms with E-state index in [1.165, 1.54) is 11.3 Å². The Kier molecular flexibility index (Phi) is 4.42. The molecule has 0 saturated carbocycles. The number of hydrogen-bond donors (Lipinski definition) is 0. The summed E-state index contributed by atoms with van der Waals surface area (Å²) in [4.78, 5) is 17.5. The van der Waals surface area contributed by atoms with Crippen LogP contribution in [0.4, 0.5) is 9.18 Å². The van der Waals surface area contributed by atoms with Crippen LogP contribution in [0, 0.1) is 0 Å². The Bertz CT molecular complexity index is 496. The van der Waals surface area contributed by atoms with Crippen LogP contribution in [0.3, 0.4) is 0 Å². The van der Waals surface area contributed by atoms with Gasteiger partial charge in [0.1, 0.15) is 5.60 Å². The Morgan fingerprint density at radius 1 is 1.40 bits per heavy atom. The van der Waals surface area contributed by atoms with E-state index in [0.717, 1.165) is 5.57 Å². The number of aromatic nitrogens is 1. The fourth-order valence-corrected chi connectivity index (χ4v) is 2.61. The van der Waals surface area contributed by atoms with Crippen LogP contribution in [-0.4, -0.2) is 34.7 Å². The molecule has 1 aromatic rings. The van der Waals surface area contributed by atoms with Crippen LogP contribution < -0.4 is 0 Å². The molecule has 1 fully saturated rings. The number of carbonyl (C=O) groups is 1. The van der Waals surface area contributed by atoms with Gasteiger partial charge < -0.3 is 9.64 Å². The molecule has 0 aromatic carbocycles. The molecule has 2 heterocycles. The summed E-state index contributed by atoms with van der Waals surface area (Å²) in [6.07, 6.45) is 2.33. The third-order valence-electron chi connectivity index (χ3n) is 2.95. The summed E-state index contributed by atoms with van der Waals surface area (Å²) >= 11 is 1.29. The topological polar surface area (TPSA) is 42.4 Å². The van der Waals surface area contributed by atoms with Crippen molar-refractivity contribution in [1.82, 2.24) is 9.88 Å². The average molecular weight is 298 g/mol. The van der Waals surface area contributed by atoms with Crippen LogP contribution in [0.5, 0.6) is 0 Å². The predicted octanol–water partition coefficient (Wildman–Crippen LogP) is 3.85. The maximum absolute atomic E-state index is 14.1. The lowest BCUT2D eigenvalue weighted by Crippen LogP contribution is -2.40. The highest BCUT2D eigenvalue weighted by Gasteiger charge is 2.26. The number of hydrogen-bond acceptors (Lipinski definition) is 4. The molecule has 0 atom stereocenters. The van der Waals surface area contributed by atoms with Crippen LogP contribution in [-0.2, 0) is 4.74 Å². The number of carbonyl (C=O) groups excluding carboxylic acids is 1. The minimum absolute atomic E-state index is 0.233. The van der Waals surface area contributed by atoms with Gasteiger partial charge in [0.25, 0.3) is 0 Å². The third kappa shape index (κ3) is 3.79. The van der Waals surface area contributed by atoms with E-state index < -0.39 is 5.60 Å². The van der Waals surface area contributed by atoms with E-state index in [1.54, 1.807) is 16.5 Å². The minimum Gasteiger partial charge on any atom is -0.444 e. The predicted molar refractivity (Wildman–Crippen MR) is 77.2 cm³/mol. The van der Waals surface area contributed by atoms with Gasteiger partial charge in [-0.2, -0.15) is 0 Å². The number of rotatable bonds is 1. The minimum atomic E-state index is -0.501. The molecule has 0 bridgehead atoms. The number of thiazole rings is 1. The smallest absolute Gasteiger partial charge is 0.410 e. The van der Waals surface area contributed by atoms with E-state index in [1.807, 2.05) is 20.8 Å². The summed E-state index contributed by atoms with van der Waals surface area (Å²) in [5, 5.41) is 2.18. The SMILES string of the molecule is CC(C)(C)OC(=O)N1CCC(=C(F)c2nccs2)CC1. The lowest BCUT2D eigenvalue weighted by molar-refractivity contribution is 0.0236. The molecule has 0 N–H and O–H groups in total. The molecular weight excluding hydrogens is 279 g/mol. The van der Waals surface area contributed by atoms with Gasteiger partial charge in [-0.05, 0) is 39.2 Å². The highest BCUT2D eigenvalue weighted by Crippen LogP contribution is 2.29. The van der Waals surface area contributed by atoms with Crippen LogP contribution in [0.2, 0.25) is 0 Å². The van der Waals surface area contributed by atoms with Gasteiger partial charge in [0.05, 0.1) is 0 Å². The number of halogens is 1. The molecule has 6 heteroatoms. The summed E-state index contributed by atoms with van der Waals surface area (Å²) < 4.78 is 19.5. The molecule has 1 amide bonds. The highest BCUT2D eigenvalue weighted by molar-refractivity contribution is 7.10. The van der Waals surface area contributed by atoms with Crippen molar-refractivity contribution in [3.63, 3.8) is 0 Å². The molecule has 110 valence electrons. The molecule has 4 nitrogen and oxygen atoms in total. The van der Waals surface area contributed by atoms with Crippen molar-refractivity contribution in [2.24, 2.45) is 0 Å². The molecule has 0 radical (unpaired) electrons. The van der Waals surface area contributed by atoms with Gasteiger partial charge in [-0.3, -0.25) is 0 Å². The largest absolute Gasteiger partial charge is 0.444 e. The lowest BCUT2D eigenvalue weighted by Gasteiger charge is -2.31. The Hall–Kier alpha value is -1.43. The van der Waals surface area contributed by atoms with Gasteiger partial charge in [0.2, 0.25) is 0 Å². The van der Waals surface area contributed by atoms with Crippen molar-refractivity contribution in [3.8, 4) is 0 Å². The van der Waals surface area contributed by atoms with Gasteiger partial charge in [0.15, 0.2) is 10.8 Å². The van der Waals surface area contributed by atoms with Crippen LogP contribution in [0.25, 0.3) is 5.83 Å². The first-order valence-corrected chi connectivity index (χ1v) is 7.50. The summed E-state index contributed by atoms with van der Waals surface area (Å²) in [6.45, 7) is 6.49. The molecule has 2 rings (SSSR count). The summed E-state index contributed by atoms with van der Waals surface area (Å²) in [6, 6.07) is 0. The monoisotopic (exact) mass is 298 g/mol. The van der Waals surface area contributed by atoms with E-state index in [4.69, 9.17) is 4.74 Å². The zero-order chi connectivity index (χ0) is 14.8.